The van der Waals surface area contributed by atoms with Gasteiger partial charge in [0.1, 0.15) is 0 Å². The summed E-state index contributed by atoms with van der Waals surface area (Å²) in [6, 6.07) is 10.1. The van der Waals surface area contributed by atoms with Crippen molar-refractivity contribution in [1.82, 2.24) is 9.80 Å². The van der Waals surface area contributed by atoms with Gasteiger partial charge < -0.3 is 9.80 Å². The molecule has 2 atom stereocenters. The van der Waals surface area contributed by atoms with Crippen LogP contribution < -0.4 is 0 Å². The number of hydrogen-bond donors (Lipinski definition) is 0. The van der Waals surface area contributed by atoms with Gasteiger partial charge in [0.2, 0.25) is 11.8 Å². The van der Waals surface area contributed by atoms with Crippen molar-refractivity contribution in [1.29, 1.82) is 0 Å². The zero-order valence-corrected chi connectivity index (χ0v) is 12.5. The average molecular weight is 286 g/mol. The number of amides is 2. The molecule has 4 nitrogen and oxygen atoms in total. The number of carbonyl (C=O) groups is 2. The molecule has 2 amide bonds. The van der Waals surface area contributed by atoms with Gasteiger partial charge in [-0.05, 0) is 12.0 Å². The minimum absolute atomic E-state index is 0.159. The molecule has 1 aromatic carbocycles. The minimum Gasteiger partial charge on any atom is -0.342 e. The van der Waals surface area contributed by atoms with Crippen molar-refractivity contribution in [2.75, 3.05) is 26.2 Å². The van der Waals surface area contributed by atoms with Gasteiger partial charge in [-0.1, -0.05) is 30.3 Å². The second-order valence-electron chi connectivity index (χ2n) is 6.23. The Labute approximate surface area is 125 Å². The first kappa shape index (κ1) is 14.1. The number of aryl methyl sites for hydroxylation is 1. The monoisotopic (exact) mass is 286 g/mol. The van der Waals surface area contributed by atoms with E-state index in [1.807, 2.05) is 28.0 Å². The third-order valence-corrected chi connectivity index (χ3v) is 4.75. The van der Waals surface area contributed by atoms with Crippen LogP contribution in [-0.4, -0.2) is 47.8 Å². The Morgan fingerprint density at radius 1 is 1.00 bits per heavy atom. The molecule has 4 heteroatoms. The van der Waals surface area contributed by atoms with Crippen LogP contribution in [0.25, 0.3) is 0 Å². The lowest BCUT2D eigenvalue weighted by Gasteiger charge is -2.21. The second kappa shape index (κ2) is 5.88. The SMILES string of the molecule is CC(=O)N1CC2CN(C(=O)CCc3ccccc3)CC2C1. The molecular formula is C17H22N2O2. The van der Waals surface area contributed by atoms with Gasteiger partial charge in [0.15, 0.2) is 0 Å². The molecule has 0 aliphatic carbocycles. The molecule has 2 aliphatic heterocycles. The molecule has 0 spiro atoms. The molecule has 2 saturated heterocycles. The average Bonchev–Trinajstić information content (AvgIpc) is 3.04. The van der Waals surface area contributed by atoms with E-state index in [1.165, 1.54) is 5.56 Å². The largest absolute Gasteiger partial charge is 0.342 e. The van der Waals surface area contributed by atoms with Gasteiger partial charge in [0, 0.05) is 51.4 Å². The smallest absolute Gasteiger partial charge is 0.222 e. The van der Waals surface area contributed by atoms with E-state index in [0.29, 0.717) is 18.3 Å². The number of hydrogen-bond acceptors (Lipinski definition) is 2. The van der Waals surface area contributed by atoms with E-state index in [9.17, 15) is 9.59 Å². The van der Waals surface area contributed by atoms with Crippen LogP contribution in [0.5, 0.6) is 0 Å². The number of fused-ring (bicyclic) bond motifs is 1. The Bertz CT molecular complexity index is 515. The topological polar surface area (TPSA) is 40.6 Å². The normalized spacial score (nSPS) is 24.2. The maximum absolute atomic E-state index is 12.3. The highest BCUT2D eigenvalue weighted by atomic mass is 16.2. The zero-order valence-electron chi connectivity index (χ0n) is 12.5. The molecule has 2 fully saturated rings. The number of rotatable bonds is 3. The molecule has 2 aliphatic rings. The Kier molecular flexibility index (Phi) is 3.95. The van der Waals surface area contributed by atoms with Crippen LogP contribution >= 0.6 is 0 Å². The number of benzene rings is 1. The van der Waals surface area contributed by atoms with Crippen molar-refractivity contribution < 1.29 is 9.59 Å². The molecule has 0 radical (unpaired) electrons. The summed E-state index contributed by atoms with van der Waals surface area (Å²) in [7, 11) is 0. The molecule has 2 heterocycles. The first-order valence-electron chi connectivity index (χ1n) is 7.70. The van der Waals surface area contributed by atoms with Gasteiger partial charge in [-0.3, -0.25) is 9.59 Å². The van der Waals surface area contributed by atoms with E-state index in [4.69, 9.17) is 0 Å². The Morgan fingerprint density at radius 3 is 2.14 bits per heavy atom. The van der Waals surface area contributed by atoms with Gasteiger partial charge >= 0.3 is 0 Å². The quantitative estimate of drug-likeness (QED) is 0.846. The summed E-state index contributed by atoms with van der Waals surface area (Å²) < 4.78 is 0. The van der Waals surface area contributed by atoms with Gasteiger partial charge in [-0.25, -0.2) is 0 Å². The summed E-state index contributed by atoms with van der Waals surface area (Å²) in [6.45, 7) is 4.92. The molecule has 112 valence electrons. The summed E-state index contributed by atoms with van der Waals surface area (Å²) in [6.07, 6.45) is 1.39. The predicted octanol–water partition coefficient (Wildman–Crippen LogP) is 1.56. The Morgan fingerprint density at radius 2 is 1.57 bits per heavy atom. The molecule has 0 aromatic heterocycles. The third-order valence-electron chi connectivity index (χ3n) is 4.75. The van der Waals surface area contributed by atoms with Gasteiger partial charge in [0.25, 0.3) is 0 Å². The lowest BCUT2D eigenvalue weighted by molar-refractivity contribution is -0.130. The van der Waals surface area contributed by atoms with Gasteiger partial charge in [0.05, 0.1) is 0 Å². The molecule has 1 aromatic rings. The van der Waals surface area contributed by atoms with E-state index >= 15 is 0 Å². The summed E-state index contributed by atoms with van der Waals surface area (Å²) in [5, 5.41) is 0. The molecular weight excluding hydrogens is 264 g/mol. The van der Waals surface area contributed by atoms with Gasteiger partial charge in [-0.2, -0.15) is 0 Å². The fraction of sp³-hybridized carbons (Fsp3) is 0.529. The molecule has 21 heavy (non-hydrogen) atoms. The van der Waals surface area contributed by atoms with Crippen LogP contribution in [0.15, 0.2) is 30.3 Å². The minimum atomic E-state index is 0.159. The van der Waals surface area contributed by atoms with E-state index in [-0.39, 0.29) is 11.8 Å². The van der Waals surface area contributed by atoms with E-state index in [1.54, 1.807) is 6.92 Å². The van der Waals surface area contributed by atoms with Crippen molar-refractivity contribution in [2.45, 2.75) is 19.8 Å². The van der Waals surface area contributed by atoms with E-state index in [0.717, 1.165) is 32.6 Å². The summed E-state index contributed by atoms with van der Waals surface area (Å²) in [5.74, 6) is 1.37. The lowest BCUT2D eigenvalue weighted by atomic mass is 10.0. The molecule has 0 N–H and O–H groups in total. The van der Waals surface area contributed by atoms with E-state index < -0.39 is 0 Å². The number of nitrogens with zero attached hydrogens (tertiary/aromatic N) is 2. The Hall–Kier alpha value is -1.84. The van der Waals surface area contributed by atoms with Crippen LogP contribution in [0.4, 0.5) is 0 Å². The van der Waals surface area contributed by atoms with E-state index in [2.05, 4.69) is 12.1 Å². The second-order valence-corrected chi connectivity index (χ2v) is 6.23. The van der Waals surface area contributed by atoms with Crippen LogP contribution in [0.1, 0.15) is 18.9 Å². The summed E-state index contributed by atoms with van der Waals surface area (Å²) in [4.78, 5) is 27.6. The van der Waals surface area contributed by atoms with Crippen molar-refractivity contribution in [3.8, 4) is 0 Å². The fourth-order valence-electron chi connectivity index (χ4n) is 3.51. The maximum Gasteiger partial charge on any atom is 0.222 e. The first-order valence-corrected chi connectivity index (χ1v) is 7.70. The van der Waals surface area contributed by atoms with Crippen molar-refractivity contribution >= 4 is 11.8 Å². The lowest BCUT2D eigenvalue weighted by Crippen LogP contribution is -2.34. The van der Waals surface area contributed by atoms with Crippen molar-refractivity contribution in [3.05, 3.63) is 35.9 Å². The first-order chi connectivity index (χ1) is 10.1. The number of likely N-dealkylation sites (tertiary alicyclic amines) is 2. The van der Waals surface area contributed by atoms with Crippen LogP contribution in [0, 0.1) is 11.8 Å². The maximum atomic E-state index is 12.3. The predicted molar refractivity (Wildman–Crippen MR) is 80.6 cm³/mol. The van der Waals surface area contributed by atoms with Crippen LogP contribution in [-0.2, 0) is 16.0 Å². The fourth-order valence-corrected chi connectivity index (χ4v) is 3.51. The van der Waals surface area contributed by atoms with Gasteiger partial charge in [-0.15, -0.1) is 0 Å². The van der Waals surface area contributed by atoms with Crippen LogP contribution in [0.2, 0.25) is 0 Å². The molecule has 2 unspecified atom stereocenters. The summed E-state index contributed by atoms with van der Waals surface area (Å²) >= 11 is 0. The molecule has 3 rings (SSSR count). The third kappa shape index (κ3) is 3.09. The summed E-state index contributed by atoms with van der Waals surface area (Å²) in [5.41, 5.74) is 1.22. The van der Waals surface area contributed by atoms with Crippen molar-refractivity contribution in [3.63, 3.8) is 0 Å². The standard InChI is InChI=1S/C17H22N2O2/c1-13(20)18-9-15-11-19(12-16(15)10-18)17(21)8-7-14-5-3-2-4-6-14/h2-6,15-16H,7-12H2,1H3. The highest BCUT2D eigenvalue weighted by Gasteiger charge is 2.41. The van der Waals surface area contributed by atoms with Crippen molar-refractivity contribution in [2.24, 2.45) is 11.8 Å². The highest BCUT2D eigenvalue weighted by molar-refractivity contribution is 5.77. The Balaban J connectivity index is 1.49. The zero-order chi connectivity index (χ0) is 14.8. The highest BCUT2D eigenvalue weighted by Crippen LogP contribution is 2.31. The number of carbonyl (C=O) groups excluding carboxylic acids is 2. The molecule has 0 saturated carbocycles. The van der Waals surface area contributed by atoms with Crippen LogP contribution in [0.3, 0.4) is 0 Å². The molecule has 0 bridgehead atoms.